The SMILES string of the molecule is COc1cc(CN(C(=O)c2ccc(F)cc2)c2ccccn2)cc(OC)c1OC. The number of amides is 1. The Morgan fingerprint density at radius 3 is 2.14 bits per heavy atom. The van der Waals surface area contributed by atoms with E-state index in [0.717, 1.165) is 5.56 Å². The van der Waals surface area contributed by atoms with Gasteiger partial charge in [-0.2, -0.15) is 0 Å². The second kappa shape index (κ2) is 9.05. The van der Waals surface area contributed by atoms with E-state index in [4.69, 9.17) is 14.2 Å². The summed E-state index contributed by atoms with van der Waals surface area (Å²) in [5.41, 5.74) is 1.10. The van der Waals surface area contributed by atoms with Crippen LogP contribution in [0, 0.1) is 5.82 Å². The second-order valence-electron chi connectivity index (χ2n) is 6.12. The lowest BCUT2D eigenvalue weighted by Crippen LogP contribution is -2.31. The van der Waals surface area contributed by atoms with Crippen LogP contribution in [0.5, 0.6) is 17.2 Å². The van der Waals surface area contributed by atoms with Crippen LogP contribution in [-0.2, 0) is 6.54 Å². The Hall–Kier alpha value is -3.61. The quantitative estimate of drug-likeness (QED) is 0.602. The molecule has 29 heavy (non-hydrogen) atoms. The van der Waals surface area contributed by atoms with E-state index in [1.54, 1.807) is 36.5 Å². The summed E-state index contributed by atoms with van der Waals surface area (Å²) in [7, 11) is 4.58. The third kappa shape index (κ3) is 4.45. The summed E-state index contributed by atoms with van der Waals surface area (Å²) in [6.07, 6.45) is 1.61. The number of rotatable bonds is 7. The van der Waals surface area contributed by atoms with Gasteiger partial charge in [-0.3, -0.25) is 9.69 Å². The topological polar surface area (TPSA) is 60.9 Å². The number of pyridine rings is 1. The Labute approximate surface area is 168 Å². The van der Waals surface area contributed by atoms with Crippen LogP contribution in [0.15, 0.2) is 60.8 Å². The number of carbonyl (C=O) groups excluding carboxylic acids is 1. The van der Waals surface area contributed by atoms with E-state index in [1.807, 2.05) is 0 Å². The van der Waals surface area contributed by atoms with Gasteiger partial charge in [0.15, 0.2) is 11.5 Å². The molecule has 0 aliphatic heterocycles. The Balaban J connectivity index is 2.02. The summed E-state index contributed by atoms with van der Waals surface area (Å²) in [4.78, 5) is 19.0. The smallest absolute Gasteiger partial charge is 0.259 e. The van der Waals surface area contributed by atoms with Crippen LogP contribution in [0.1, 0.15) is 15.9 Å². The molecule has 0 unspecified atom stereocenters. The highest BCUT2D eigenvalue weighted by atomic mass is 19.1. The highest BCUT2D eigenvalue weighted by Gasteiger charge is 2.21. The number of nitrogens with zero attached hydrogens (tertiary/aromatic N) is 2. The summed E-state index contributed by atoms with van der Waals surface area (Å²) >= 11 is 0. The second-order valence-corrected chi connectivity index (χ2v) is 6.12. The summed E-state index contributed by atoms with van der Waals surface area (Å²) in [6.45, 7) is 0.198. The molecule has 2 aromatic carbocycles. The van der Waals surface area contributed by atoms with Crippen LogP contribution < -0.4 is 19.1 Å². The van der Waals surface area contributed by atoms with Gasteiger partial charge < -0.3 is 14.2 Å². The molecule has 3 aromatic rings. The van der Waals surface area contributed by atoms with Gasteiger partial charge in [0.2, 0.25) is 5.75 Å². The van der Waals surface area contributed by atoms with E-state index >= 15 is 0 Å². The zero-order chi connectivity index (χ0) is 20.8. The third-order valence-corrected chi connectivity index (χ3v) is 4.33. The minimum absolute atomic E-state index is 0.198. The highest BCUT2D eigenvalue weighted by Crippen LogP contribution is 2.38. The molecule has 1 heterocycles. The van der Waals surface area contributed by atoms with Crippen molar-refractivity contribution >= 4 is 11.7 Å². The predicted molar refractivity (Wildman–Crippen MR) is 107 cm³/mol. The molecule has 0 N–H and O–H groups in total. The Bertz CT molecular complexity index is 953. The summed E-state index contributed by atoms with van der Waals surface area (Å²) in [6, 6.07) is 14.2. The first kappa shape index (κ1) is 20.1. The molecule has 0 saturated heterocycles. The van der Waals surface area contributed by atoms with E-state index < -0.39 is 5.82 Å². The average molecular weight is 396 g/mol. The van der Waals surface area contributed by atoms with Crippen molar-refractivity contribution in [1.82, 2.24) is 4.98 Å². The summed E-state index contributed by atoms with van der Waals surface area (Å²) in [5.74, 6) is 1.19. The molecule has 0 aliphatic rings. The monoisotopic (exact) mass is 396 g/mol. The zero-order valence-corrected chi connectivity index (χ0v) is 16.4. The molecular weight excluding hydrogens is 375 g/mol. The van der Waals surface area contributed by atoms with E-state index in [0.29, 0.717) is 28.6 Å². The molecule has 150 valence electrons. The molecule has 1 amide bonds. The number of hydrogen-bond donors (Lipinski definition) is 0. The van der Waals surface area contributed by atoms with Gasteiger partial charge in [0, 0.05) is 11.8 Å². The predicted octanol–water partition coefficient (Wildman–Crippen LogP) is 4.09. The van der Waals surface area contributed by atoms with E-state index in [9.17, 15) is 9.18 Å². The van der Waals surface area contributed by atoms with Crippen LogP contribution in [-0.4, -0.2) is 32.2 Å². The van der Waals surface area contributed by atoms with Crippen molar-refractivity contribution in [3.8, 4) is 17.2 Å². The maximum atomic E-state index is 13.3. The number of anilines is 1. The van der Waals surface area contributed by atoms with Crippen LogP contribution in [0.3, 0.4) is 0 Å². The van der Waals surface area contributed by atoms with Crippen LogP contribution in [0.2, 0.25) is 0 Å². The number of halogens is 1. The van der Waals surface area contributed by atoms with Crippen LogP contribution in [0.25, 0.3) is 0 Å². The normalized spacial score (nSPS) is 10.3. The van der Waals surface area contributed by atoms with Crippen molar-refractivity contribution < 1.29 is 23.4 Å². The molecule has 3 rings (SSSR count). The number of carbonyl (C=O) groups is 1. The Morgan fingerprint density at radius 1 is 0.966 bits per heavy atom. The zero-order valence-electron chi connectivity index (χ0n) is 16.4. The molecular formula is C22H21FN2O4. The maximum Gasteiger partial charge on any atom is 0.259 e. The molecule has 0 spiro atoms. The molecule has 0 aliphatic carbocycles. The summed E-state index contributed by atoms with van der Waals surface area (Å²) < 4.78 is 29.4. The van der Waals surface area contributed by atoms with Crippen molar-refractivity contribution in [1.29, 1.82) is 0 Å². The molecule has 6 nitrogen and oxygen atoms in total. The fraction of sp³-hybridized carbons (Fsp3) is 0.182. The minimum Gasteiger partial charge on any atom is -0.493 e. The van der Waals surface area contributed by atoms with E-state index in [2.05, 4.69) is 4.98 Å². The largest absolute Gasteiger partial charge is 0.493 e. The lowest BCUT2D eigenvalue weighted by molar-refractivity contribution is 0.0984. The van der Waals surface area contributed by atoms with Crippen LogP contribution in [0.4, 0.5) is 10.2 Å². The van der Waals surface area contributed by atoms with Gasteiger partial charge in [-0.15, -0.1) is 0 Å². The average Bonchev–Trinajstić information content (AvgIpc) is 2.77. The standard InChI is InChI=1S/C22H21FN2O4/c1-27-18-12-15(13-19(28-2)21(18)29-3)14-25(20-6-4-5-11-24-20)22(26)16-7-9-17(23)10-8-16/h4-13H,14H2,1-3H3. The van der Waals surface area contributed by atoms with Gasteiger partial charge in [0.25, 0.3) is 5.91 Å². The highest BCUT2D eigenvalue weighted by molar-refractivity contribution is 6.05. The number of ether oxygens (including phenoxy) is 3. The van der Waals surface area contributed by atoms with Crippen molar-refractivity contribution in [3.05, 3.63) is 77.7 Å². The van der Waals surface area contributed by atoms with Gasteiger partial charge >= 0.3 is 0 Å². The Kier molecular flexibility index (Phi) is 6.29. The van der Waals surface area contributed by atoms with Gasteiger partial charge in [-0.1, -0.05) is 6.07 Å². The van der Waals surface area contributed by atoms with Gasteiger partial charge in [0.1, 0.15) is 11.6 Å². The fourth-order valence-corrected chi connectivity index (χ4v) is 2.93. The van der Waals surface area contributed by atoms with Gasteiger partial charge in [0.05, 0.1) is 27.9 Å². The maximum absolute atomic E-state index is 13.3. The van der Waals surface area contributed by atoms with E-state index in [-0.39, 0.29) is 12.5 Å². The first-order chi connectivity index (χ1) is 14.1. The van der Waals surface area contributed by atoms with Crippen molar-refractivity contribution in [2.24, 2.45) is 0 Å². The number of hydrogen-bond acceptors (Lipinski definition) is 5. The third-order valence-electron chi connectivity index (χ3n) is 4.33. The Morgan fingerprint density at radius 2 is 1.62 bits per heavy atom. The molecule has 0 radical (unpaired) electrons. The number of methoxy groups -OCH3 is 3. The number of benzene rings is 2. The van der Waals surface area contributed by atoms with Crippen LogP contribution >= 0.6 is 0 Å². The molecule has 1 aromatic heterocycles. The first-order valence-corrected chi connectivity index (χ1v) is 8.84. The van der Waals surface area contributed by atoms with E-state index in [1.165, 1.54) is 50.5 Å². The summed E-state index contributed by atoms with van der Waals surface area (Å²) in [5, 5.41) is 0. The number of aromatic nitrogens is 1. The molecule has 7 heteroatoms. The molecule has 0 fully saturated rings. The molecule has 0 saturated carbocycles. The van der Waals surface area contributed by atoms with Gasteiger partial charge in [-0.25, -0.2) is 9.37 Å². The lowest BCUT2D eigenvalue weighted by atomic mass is 10.1. The van der Waals surface area contributed by atoms with Gasteiger partial charge in [-0.05, 0) is 54.1 Å². The first-order valence-electron chi connectivity index (χ1n) is 8.84. The fourth-order valence-electron chi connectivity index (χ4n) is 2.93. The minimum atomic E-state index is -0.407. The van der Waals surface area contributed by atoms with Crippen molar-refractivity contribution in [3.63, 3.8) is 0 Å². The van der Waals surface area contributed by atoms with Crippen molar-refractivity contribution in [2.45, 2.75) is 6.54 Å². The van der Waals surface area contributed by atoms with Crippen molar-refractivity contribution in [2.75, 3.05) is 26.2 Å². The molecule has 0 bridgehead atoms. The molecule has 0 atom stereocenters. The lowest BCUT2D eigenvalue weighted by Gasteiger charge is -2.23.